The first-order valence-electron chi connectivity index (χ1n) is 8.65. The van der Waals surface area contributed by atoms with Crippen molar-refractivity contribution in [3.63, 3.8) is 0 Å². The van der Waals surface area contributed by atoms with Crippen LogP contribution in [-0.2, 0) is 0 Å². The second-order valence-corrected chi connectivity index (χ2v) is 8.17. The largest absolute Gasteiger partial charge is 0.135 e. The van der Waals surface area contributed by atoms with Gasteiger partial charge < -0.3 is 0 Å². The van der Waals surface area contributed by atoms with Crippen LogP contribution in [0.3, 0.4) is 0 Å². The fourth-order valence-electron chi connectivity index (χ4n) is 4.15. The molecule has 0 unspecified atom stereocenters. The fourth-order valence-corrected chi connectivity index (χ4v) is 5.67. The Hall–Kier alpha value is -2.61. The molecule has 0 N–H and O–H groups in total. The monoisotopic (exact) mass is 368 g/mol. The summed E-state index contributed by atoms with van der Waals surface area (Å²) in [7, 11) is 0. The second-order valence-electron chi connectivity index (χ2n) is 6.71. The van der Waals surface area contributed by atoms with E-state index in [-0.39, 0.29) is 0 Å². The first-order valence-corrected chi connectivity index (χ1v) is 9.85. The first kappa shape index (κ1) is 14.5. The van der Waals surface area contributed by atoms with Crippen molar-refractivity contribution >= 4 is 75.4 Å². The van der Waals surface area contributed by atoms with E-state index in [9.17, 15) is 0 Å². The predicted octanol–water partition coefficient (Wildman–Crippen LogP) is 8.17. The van der Waals surface area contributed by atoms with E-state index in [4.69, 9.17) is 11.6 Å². The van der Waals surface area contributed by atoms with Crippen LogP contribution in [0.15, 0.2) is 78.9 Å². The summed E-state index contributed by atoms with van der Waals surface area (Å²) in [4.78, 5) is 0. The lowest BCUT2D eigenvalue weighted by atomic mass is 9.97. The standard InChI is InChI=1S/C24H13ClS/c25-20-13-15-10-12-21-23(22(15)18-8-4-3-7-17(18)20)19-11-9-14-5-1-2-6-16(14)24(19)26-21/h1-13H. The van der Waals surface area contributed by atoms with E-state index in [2.05, 4.69) is 78.9 Å². The molecule has 5 aromatic carbocycles. The maximum absolute atomic E-state index is 6.56. The van der Waals surface area contributed by atoms with Crippen molar-refractivity contribution in [2.24, 2.45) is 0 Å². The minimum atomic E-state index is 0.817. The Morgan fingerprint density at radius 1 is 0.577 bits per heavy atom. The van der Waals surface area contributed by atoms with Crippen LogP contribution in [0.4, 0.5) is 0 Å². The highest BCUT2D eigenvalue weighted by Crippen LogP contribution is 2.44. The van der Waals surface area contributed by atoms with Gasteiger partial charge in [-0.05, 0) is 39.1 Å². The Labute approximate surface area is 159 Å². The van der Waals surface area contributed by atoms with Gasteiger partial charge in [0.25, 0.3) is 0 Å². The van der Waals surface area contributed by atoms with Gasteiger partial charge in [0.2, 0.25) is 0 Å². The molecule has 0 aliphatic carbocycles. The molecule has 0 atom stereocenters. The molecule has 0 nitrogen and oxygen atoms in total. The van der Waals surface area contributed by atoms with Crippen LogP contribution < -0.4 is 0 Å². The third-order valence-corrected chi connectivity index (χ3v) is 6.81. The lowest BCUT2D eigenvalue weighted by Gasteiger charge is -2.08. The lowest BCUT2D eigenvalue weighted by Crippen LogP contribution is -1.81. The molecule has 1 aromatic heterocycles. The molecule has 0 aliphatic heterocycles. The van der Waals surface area contributed by atoms with Gasteiger partial charge in [-0.15, -0.1) is 11.3 Å². The number of hydrogen-bond donors (Lipinski definition) is 0. The number of rotatable bonds is 0. The summed E-state index contributed by atoms with van der Waals surface area (Å²) in [5, 5.41) is 11.0. The van der Waals surface area contributed by atoms with Crippen LogP contribution in [0.5, 0.6) is 0 Å². The quantitative estimate of drug-likeness (QED) is 0.237. The van der Waals surface area contributed by atoms with E-state index in [1.54, 1.807) is 0 Å². The van der Waals surface area contributed by atoms with Crippen LogP contribution >= 0.6 is 22.9 Å². The molecule has 26 heavy (non-hydrogen) atoms. The van der Waals surface area contributed by atoms with Gasteiger partial charge in [-0.3, -0.25) is 0 Å². The average Bonchev–Trinajstić information content (AvgIpc) is 3.07. The van der Waals surface area contributed by atoms with E-state index >= 15 is 0 Å². The van der Waals surface area contributed by atoms with Gasteiger partial charge in [0.05, 0.1) is 0 Å². The van der Waals surface area contributed by atoms with Crippen LogP contribution in [0.2, 0.25) is 5.02 Å². The lowest BCUT2D eigenvalue weighted by molar-refractivity contribution is 1.80. The zero-order chi connectivity index (χ0) is 17.3. The van der Waals surface area contributed by atoms with Crippen molar-refractivity contribution in [3.8, 4) is 0 Å². The highest BCUT2D eigenvalue weighted by molar-refractivity contribution is 7.27. The maximum atomic E-state index is 6.56. The smallest absolute Gasteiger partial charge is 0.0490 e. The summed E-state index contributed by atoms with van der Waals surface area (Å²) >= 11 is 8.45. The SMILES string of the molecule is Clc1cc2ccc3sc4c5ccccc5ccc4c3c2c2ccccc12. The predicted molar refractivity (Wildman–Crippen MR) is 117 cm³/mol. The molecular weight excluding hydrogens is 356 g/mol. The molecular formula is C24H13ClS. The van der Waals surface area contributed by atoms with E-state index in [1.165, 1.54) is 47.1 Å². The summed E-state index contributed by atoms with van der Waals surface area (Å²) < 4.78 is 2.70. The fraction of sp³-hybridized carbons (Fsp3) is 0. The number of halogens is 1. The molecule has 0 amide bonds. The van der Waals surface area contributed by atoms with Crippen LogP contribution in [0.1, 0.15) is 0 Å². The van der Waals surface area contributed by atoms with Crippen molar-refractivity contribution in [1.29, 1.82) is 0 Å². The van der Waals surface area contributed by atoms with Crippen LogP contribution in [0, 0.1) is 0 Å². The molecule has 6 rings (SSSR count). The Kier molecular flexibility index (Phi) is 2.91. The average molecular weight is 369 g/mol. The van der Waals surface area contributed by atoms with E-state index in [1.807, 2.05) is 11.3 Å². The number of hydrogen-bond acceptors (Lipinski definition) is 1. The summed E-state index contributed by atoms with van der Waals surface area (Å²) in [5.41, 5.74) is 0. The van der Waals surface area contributed by atoms with Gasteiger partial charge in [0, 0.05) is 30.6 Å². The van der Waals surface area contributed by atoms with Gasteiger partial charge in [-0.2, -0.15) is 0 Å². The summed E-state index contributed by atoms with van der Waals surface area (Å²) in [6.45, 7) is 0. The summed E-state index contributed by atoms with van der Waals surface area (Å²) in [6, 6.07) is 28.1. The number of thiophene rings is 1. The normalized spacial score (nSPS) is 12.0. The highest BCUT2D eigenvalue weighted by Gasteiger charge is 2.14. The highest BCUT2D eigenvalue weighted by atomic mass is 35.5. The van der Waals surface area contributed by atoms with Crippen molar-refractivity contribution in [2.75, 3.05) is 0 Å². The zero-order valence-corrected chi connectivity index (χ0v) is 15.4. The molecule has 6 aromatic rings. The maximum Gasteiger partial charge on any atom is 0.0490 e. The molecule has 122 valence electrons. The van der Waals surface area contributed by atoms with Crippen molar-refractivity contribution in [3.05, 3.63) is 83.9 Å². The molecule has 0 spiro atoms. The van der Waals surface area contributed by atoms with Crippen LogP contribution in [-0.4, -0.2) is 0 Å². The Morgan fingerprint density at radius 2 is 1.31 bits per heavy atom. The van der Waals surface area contributed by atoms with E-state index < -0.39 is 0 Å². The molecule has 0 aliphatic rings. The van der Waals surface area contributed by atoms with Crippen molar-refractivity contribution in [2.45, 2.75) is 0 Å². The minimum absolute atomic E-state index is 0.817. The number of fused-ring (bicyclic) bond motifs is 9. The molecule has 0 radical (unpaired) electrons. The Bertz CT molecular complexity index is 1490. The van der Waals surface area contributed by atoms with Gasteiger partial charge in [0.15, 0.2) is 0 Å². The summed E-state index contributed by atoms with van der Waals surface area (Å²) in [5.74, 6) is 0. The zero-order valence-electron chi connectivity index (χ0n) is 13.8. The van der Waals surface area contributed by atoms with Crippen molar-refractivity contribution < 1.29 is 0 Å². The first-order chi connectivity index (χ1) is 12.8. The molecule has 0 saturated carbocycles. The third kappa shape index (κ3) is 1.85. The van der Waals surface area contributed by atoms with E-state index in [0.29, 0.717) is 0 Å². The molecule has 1 heterocycles. The Morgan fingerprint density at radius 3 is 2.19 bits per heavy atom. The minimum Gasteiger partial charge on any atom is -0.135 e. The van der Waals surface area contributed by atoms with E-state index in [0.717, 1.165) is 10.4 Å². The van der Waals surface area contributed by atoms with Gasteiger partial charge in [-0.1, -0.05) is 78.3 Å². The second kappa shape index (κ2) is 5.20. The Balaban J connectivity index is 1.95. The molecule has 0 saturated heterocycles. The van der Waals surface area contributed by atoms with Crippen LogP contribution in [0.25, 0.3) is 52.5 Å². The molecule has 2 heteroatoms. The van der Waals surface area contributed by atoms with Gasteiger partial charge >= 0.3 is 0 Å². The molecule has 0 fully saturated rings. The third-order valence-electron chi connectivity index (χ3n) is 5.30. The number of benzene rings is 5. The van der Waals surface area contributed by atoms with Gasteiger partial charge in [0.1, 0.15) is 0 Å². The van der Waals surface area contributed by atoms with Crippen molar-refractivity contribution in [1.82, 2.24) is 0 Å². The van der Waals surface area contributed by atoms with Gasteiger partial charge in [-0.25, -0.2) is 0 Å². The topological polar surface area (TPSA) is 0 Å². The summed E-state index contributed by atoms with van der Waals surface area (Å²) in [6.07, 6.45) is 0. The molecule has 0 bridgehead atoms.